The van der Waals surface area contributed by atoms with Gasteiger partial charge in [0, 0.05) is 17.0 Å². The van der Waals surface area contributed by atoms with Crippen LogP contribution < -0.4 is 5.69 Å². The molecular weight excluding hydrogens is 436 g/mol. The Morgan fingerprint density at radius 2 is 2.03 bits per heavy atom. The predicted octanol–water partition coefficient (Wildman–Crippen LogP) is 5.04. The fraction of sp³-hybridized carbons (Fsp3) is 0.240. The van der Waals surface area contributed by atoms with Gasteiger partial charge in [0.15, 0.2) is 0 Å². The Morgan fingerprint density at radius 1 is 1.15 bits per heavy atom. The van der Waals surface area contributed by atoms with Gasteiger partial charge >= 0.3 is 11.7 Å². The zero-order valence-electron chi connectivity index (χ0n) is 18.5. The number of para-hydroxylation sites is 1. The van der Waals surface area contributed by atoms with E-state index in [1.54, 1.807) is 28.0 Å². The van der Waals surface area contributed by atoms with Gasteiger partial charge in [-0.3, -0.25) is 4.57 Å². The number of rotatable bonds is 7. The summed E-state index contributed by atoms with van der Waals surface area (Å²) in [4.78, 5) is 34.0. The van der Waals surface area contributed by atoms with E-state index in [9.17, 15) is 9.59 Å². The Labute approximate surface area is 194 Å². The number of esters is 1. The number of aromatic nitrogens is 4. The lowest BCUT2D eigenvalue weighted by Crippen LogP contribution is -2.17. The highest BCUT2D eigenvalue weighted by molar-refractivity contribution is 7.09. The molecule has 0 spiro atoms. The van der Waals surface area contributed by atoms with Gasteiger partial charge in [-0.2, -0.15) is 0 Å². The van der Waals surface area contributed by atoms with Crippen molar-refractivity contribution in [1.82, 2.24) is 19.1 Å². The standard InChI is InChI=1S/C25H24N4O3S/c1-3-4-12-28-21-11-10-16(24(30)32-2)14-20(21)26-23(28)18-8-5-9-19-22(18)29(25(31)27-19)15-17-7-6-13-33-17/h5-11,13-14H,3-4,12,15H2,1-2H3,(H,27,31). The van der Waals surface area contributed by atoms with Gasteiger partial charge in [-0.05, 0) is 48.2 Å². The molecule has 168 valence electrons. The molecule has 0 aliphatic carbocycles. The molecule has 8 heteroatoms. The van der Waals surface area contributed by atoms with Crippen molar-refractivity contribution in [1.29, 1.82) is 0 Å². The number of aromatic amines is 1. The average Bonchev–Trinajstić information content (AvgIpc) is 3.55. The van der Waals surface area contributed by atoms with Crippen LogP contribution in [0.4, 0.5) is 0 Å². The summed E-state index contributed by atoms with van der Waals surface area (Å²) in [6.07, 6.45) is 2.03. The molecule has 0 radical (unpaired) electrons. The van der Waals surface area contributed by atoms with Gasteiger partial charge in [0.25, 0.3) is 0 Å². The number of H-pyrrole nitrogens is 1. The van der Waals surface area contributed by atoms with E-state index in [1.807, 2.05) is 41.8 Å². The summed E-state index contributed by atoms with van der Waals surface area (Å²) in [5.41, 5.74) is 4.49. The van der Waals surface area contributed by atoms with E-state index in [2.05, 4.69) is 16.5 Å². The third-order valence-electron chi connectivity index (χ3n) is 5.83. The second kappa shape index (κ2) is 8.71. The van der Waals surface area contributed by atoms with Crippen molar-refractivity contribution in [3.63, 3.8) is 0 Å². The van der Waals surface area contributed by atoms with Gasteiger partial charge in [-0.15, -0.1) is 11.3 Å². The number of ether oxygens (including phenoxy) is 1. The Hall–Kier alpha value is -3.65. The van der Waals surface area contributed by atoms with Crippen molar-refractivity contribution in [2.75, 3.05) is 7.11 Å². The zero-order valence-corrected chi connectivity index (χ0v) is 19.3. The summed E-state index contributed by atoms with van der Waals surface area (Å²) in [6, 6.07) is 15.3. The van der Waals surface area contributed by atoms with E-state index >= 15 is 0 Å². The number of nitrogens with one attached hydrogen (secondary N) is 1. The minimum Gasteiger partial charge on any atom is -0.465 e. The molecule has 1 N–H and O–H groups in total. The van der Waals surface area contributed by atoms with Gasteiger partial charge in [0.1, 0.15) is 5.82 Å². The van der Waals surface area contributed by atoms with Crippen LogP contribution in [0.3, 0.4) is 0 Å². The van der Waals surface area contributed by atoms with Gasteiger partial charge in [-0.25, -0.2) is 14.6 Å². The molecule has 33 heavy (non-hydrogen) atoms. The number of nitrogens with zero attached hydrogens (tertiary/aromatic N) is 3. The van der Waals surface area contributed by atoms with E-state index in [0.717, 1.165) is 57.7 Å². The Balaban J connectivity index is 1.74. The van der Waals surface area contributed by atoms with Crippen LogP contribution in [0, 0.1) is 0 Å². The van der Waals surface area contributed by atoms with Crippen molar-refractivity contribution < 1.29 is 9.53 Å². The van der Waals surface area contributed by atoms with Crippen LogP contribution in [-0.2, 0) is 17.8 Å². The van der Waals surface area contributed by atoms with Crippen molar-refractivity contribution in [3.05, 3.63) is 74.8 Å². The smallest absolute Gasteiger partial charge is 0.337 e. The topological polar surface area (TPSA) is 81.9 Å². The summed E-state index contributed by atoms with van der Waals surface area (Å²) in [5, 5.41) is 2.01. The minimum absolute atomic E-state index is 0.143. The van der Waals surface area contributed by atoms with Crippen molar-refractivity contribution in [2.24, 2.45) is 0 Å². The van der Waals surface area contributed by atoms with Gasteiger partial charge in [-0.1, -0.05) is 25.5 Å². The number of hydrogen-bond donors (Lipinski definition) is 1. The van der Waals surface area contributed by atoms with E-state index in [-0.39, 0.29) is 11.7 Å². The summed E-state index contributed by atoms with van der Waals surface area (Å²) < 4.78 is 8.84. The maximum absolute atomic E-state index is 12.9. The number of aryl methyl sites for hydroxylation is 1. The number of imidazole rings is 2. The molecule has 0 amide bonds. The van der Waals surface area contributed by atoms with E-state index in [1.165, 1.54) is 7.11 Å². The Bertz CT molecular complexity index is 1510. The molecule has 0 atom stereocenters. The molecule has 3 aromatic heterocycles. The van der Waals surface area contributed by atoms with Gasteiger partial charge in [0.2, 0.25) is 0 Å². The van der Waals surface area contributed by atoms with Gasteiger partial charge < -0.3 is 14.3 Å². The molecule has 3 heterocycles. The number of fused-ring (bicyclic) bond motifs is 2. The van der Waals surface area contributed by atoms with E-state index in [0.29, 0.717) is 12.1 Å². The molecule has 7 nitrogen and oxygen atoms in total. The fourth-order valence-electron chi connectivity index (χ4n) is 4.23. The van der Waals surface area contributed by atoms with Crippen molar-refractivity contribution in [3.8, 4) is 11.4 Å². The number of carbonyl (C=O) groups is 1. The fourth-order valence-corrected chi connectivity index (χ4v) is 4.92. The third-order valence-corrected chi connectivity index (χ3v) is 6.69. The lowest BCUT2D eigenvalue weighted by atomic mass is 10.1. The lowest BCUT2D eigenvalue weighted by Gasteiger charge is -2.11. The molecule has 5 rings (SSSR count). The van der Waals surface area contributed by atoms with E-state index in [4.69, 9.17) is 9.72 Å². The largest absolute Gasteiger partial charge is 0.465 e. The molecule has 0 saturated heterocycles. The van der Waals surface area contributed by atoms with Crippen LogP contribution in [0.2, 0.25) is 0 Å². The quantitative estimate of drug-likeness (QED) is 0.345. The number of thiophene rings is 1. The molecule has 0 bridgehead atoms. The molecule has 0 fully saturated rings. The van der Waals surface area contributed by atoms with Crippen molar-refractivity contribution >= 4 is 39.4 Å². The van der Waals surface area contributed by atoms with Crippen LogP contribution in [0.1, 0.15) is 35.0 Å². The summed E-state index contributed by atoms with van der Waals surface area (Å²) >= 11 is 1.63. The summed E-state index contributed by atoms with van der Waals surface area (Å²) in [6.45, 7) is 3.44. The average molecular weight is 461 g/mol. The number of hydrogen-bond acceptors (Lipinski definition) is 5. The molecule has 0 aliphatic rings. The summed E-state index contributed by atoms with van der Waals surface area (Å²) in [5.74, 6) is 0.393. The maximum atomic E-state index is 12.9. The highest BCUT2D eigenvalue weighted by Crippen LogP contribution is 2.31. The van der Waals surface area contributed by atoms with Crippen molar-refractivity contribution in [2.45, 2.75) is 32.9 Å². The number of carbonyl (C=O) groups excluding carboxylic acids is 1. The van der Waals surface area contributed by atoms with Crippen LogP contribution in [0.25, 0.3) is 33.5 Å². The molecule has 2 aromatic carbocycles. The SMILES string of the molecule is CCCCn1c(-c2cccc3[nH]c(=O)n(Cc4cccs4)c23)nc2cc(C(=O)OC)ccc21. The van der Waals surface area contributed by atoms with Gasteiger partial charge in [0.05, 0.1) is 41.3 Å². The second-order valence-electron chi connectivity index (χ2n) is 7.93. The Morgan fingerprint density at radius 3 is 2.79 bits per heavy atom. The molecule has 0 aliphatic heterocycles. The maximum Gasteiger partial charge on any atom is 0.337 e. The molecular formula is C25H24N4O3S. The monoisotopic (exact) mass is 460 g/mol. The van der Waals surface area contributed by atoms with Crippen LogP contribution >= 0.6 is 11.3 Å². The zero-order chi connectivity index (χ0) is 22.9. The molecule has 5 aromatic rings. The first-order valence-corrected chi connectivity index (χ1v) is 11.8. The first kappa shape index (κ1) is 21.2. The van der Waals surface area contributed by atoms with E-state index < -0.39 is 0 Å². The number of benzene rings is 2. The molecule has 0 saturated carbocycles. The highest BCUT2D eigenvalue weighted by atomic mass is 32.1. The van der Waals surface area contributed by atoms with Crippen LogP contribution in [0.15, 0.2) is 58.7 Å². The number of unbranched alkanes of at least 4 members (excludes halogenated alkanes) is 1. The minimum atomic E-state index is -0.390. The van der Waals surface area contributed by atoms with Crippen LogP contribution in [0.5, 0.6) is 0 Å². The van der Waals surface area contributed by atoms with Crippen LogP contribution in [-0.4, -0.2) is 32.2 Å². The number of methoxy groups -OCH3 is 1. The third kappa shape index (κ3) is 3.76. The normalized spacial score (nSPS) is 11.5. The highest BCUT2D eigenvalue weighted by Gasteiger charge is 2.20. The summed E-state index contributed by atoms with van der Waals surface area (Å²) in [7, 11) is 1.37. The first-order chi connectivity index (χ1) is 16.1. The molecule has 0 unspecified atom stereocenters. The Kier molecular flexibility index (Phi) is 5.60. The predicted molar refractivity (Wildman–Crippen MR) is 131 cm³/mol. The first-order valence-electron chi connectivity index (χ1n) is 10.9. The lowest BCUT2D eigenvalue weighted by molar-refractivity contribution is 0.0601. The second-order valence-corrected chi connectivity index (χ2v) is 8.97.